The third-order valence-corrected chi connectivity index (χ3v) is 4.66. The van der Waals surface area contributed by atoms with Gasteiger partial charge < -0.3 is 15.1 Å². The van der Waals surface area contributed by atoms with Gasteiger partial charge in [0, 0.05) is 6.42 Å². The molecule has 3 aromatic rings. The molecule has 0 spiro atoms. The summed E-state index contributed by atoms with van der Waals surface area (Å²) in [7, 11) is 0. The highest BCUT2D eigenvalue weighted by Gasteiger charge is 2.24. The van der Waals surface area contributed by atoms with Crippen LogP contribution in [0.1, 0.15) is 40.2 Å². The van der Waals surface area contributed by atoms with Crippen molar-refractivity contribution >= 4 is 11.8 Å². The third kappa shape index (κ3) is 4.88. The van der Waals surface area contributed by atoms with E-state index in [2.05, 4.69) is 10.6 Å². The first-order valence-corrected chi connectivity index (χ1v) is 9.29. The summed E-state index contributed by atoms with van der Waals surface area (Å²) in [6.45, 7) is 3.95. The molecule has 2 aromatic carbocycles. The number of amides is 2. The lowest BCUT2D eigenvalue weighted by Gasteiger charge is -2.22. The maximum absolute atomic E-state index is 13.0. The number of aryl methyl sites for hydroxylation is 1. The molecule has 0 saturated carbocycles. The molecule has 1 heterocycles. The molecule has 2 unspecified atom stereocenters. The number of benzene rings is 2. The molecule has 2 amide bonds. The van der Waals surface area contributed by atoms with Gasteiger partial charge in [0.1, 0.15) is 6.04 Å². The van der Waals surface area contributed by atoms with Gasteiger partial charge in [0.2, 0.25) is 5.91 Å². The molecule has 5 heteroatoms. The van der Waals surface area contributed by atoms with Crippen LogP contribution in [0.3, 0.4) is 0 Å². The van der Waals surface area contributed by atoms with Crippen LogP contribution in [0.15, 0.2) is 77.4 Å². The van der Waals surface area contributed by atoms with E-state index in [-0.39, 0.29) is 17.7 Å². The fourth-order valence-electron chi connectivity index (χ4n) is 3.16. The monoisotopic (exact) mass is 376 g/mol. The molecule has 0 radical (unpaired) electrons. The van der Waals surface area contributed by atoms with Crippen molar-refractivity contribution in [3.05, 3.63) is 95.4 Å². The molecular weight excluding hydrogens is 352 g/mol. The Kier molecular flexibility index (Phi) is 6.27. The number of furan rings is 1. The molecule has 28 heavy (non-hydrogen) atoms. The number of rotatable bonds is 7. The van der Waals surface area contributed by atoms with E-state index in [0.717, 1.165) is 16.7 Å². The molecule has 0 saturated heterocycles. The largest absolute Gasteiger partial charge is 0.459 e. The molecule has 0 aliphatic heterocycles. The zero-order chi connectivity index (χ0) is 19.9. The first-order chi connectivity index (χ1) is 13.5. The standard InChI is InChI=1S/C23H24N2O3/c1-16-9-6-7-12-19(16)17(2)24-22(26)20(15-18-10-4-3-5-11-18)25-23(27)21-13-8-14-28-21/h3-14,17,20H,15H2,1-2H3,(H,24,26)(H,25,27). The van der Waals surface area contributed by atoms with Crippen molar-refractivity contribution in [3.8, 4) is 0 Å². The Morgan fingerprint density at radius 1 is 0.929 bits per heavy atom. The van der Waals surface area contributed by atoms with Gasteiger partial charge >= 0.3 is 0 Å². The second-order valence-electron chi connectivity index (χ2n) is 6.78. The molecule has 0 bridgehead atoms. The number of hydrogen-bond acceptors (Lipinski definition) is 3. The van der Waals surface area contributed by atoms with Crippen LogP contribution in [-0.2, 0) is 11.2 Å². The van der Waals surface area contributed by atoms with Gasteiger partial charge in [-0.25, -0.2) is 0 Å². The van der Waals surface area contributed by atoms with E-state index in [0.29, 0.717) is 6.42 Å². The van der Waals surface area contributed by atoms with E-state index in [4.69, 9.17) is 4.42 Å². The average molecular weight is 376 g/mol. The number of carbonyl (C=O) groups excluding carboxylic acids is 2. The highest BCUT2D eigenvalue weighted by Crippen LogP contribution is 2.17. The minimum Gasteiger partial charge on any atom is -0.459 e. The van der Waals surface area contributed by atoms with Crippen LogP contribution < -0.4 is 10.6 Å². The summed E-state index contributed by atoms with van der Waals surface area (Å²) in [5.41, 5.74) is 3.12. The van der Waals surface area contributed by atoms with Crippen molar-refractivity contribution < 1.29 is 14.0 Å². The fraction of sp³-hybridized carbons (Fsp3) is 0.217. The van der Waals surface area contributed by atoms with Crippen LogP contribution in [0, 0.1) is 6.92 Å². The van der Waals surface area contributed by atoms with E-state index in [1.54, 1.807) is 12.1 Å². The topological polar surface area (TPSA) is 71.3 Å². The molecule has 0 fully saturated rings. The summed E-state index contributed by atoms with van der Waals surface area (Å²) in [5, 5.41) is 5.82. The predicted octanol–water partition coefficient (Wildman–Crippen LogP) is 3.81. The van der Waals surface area contributed by atoms with Gasteiger partial charge in [0.15, 0.2) is 5.76 Å². The smallest absolute Gasteiger partial charge is 0.287 e. The molecule has 3 rings (SSSR count). The normalized spacial score (nSPS) is 12.8. The fourth-order valence-corrected chi connectivity index (χ4v) is 3.16. The van der Waals surface area contributed by atoms with Crippen LogP contribution in [-0.4, -0.2) is 17.9 Å². The minimum atomic E-state index is -0.716. The van der Waals surface area contributed by atoms with Crippen molar-refractivity contribution in [2.75, 3.05) is 0 Å². The summed E-state index contributed by atoms with van der Waals surface area (Å²) in [5.74, 6) is -0.470. The lowest BCUT2D eigenvalue weighted by Crippen LogP contribution is -2.48. The van der Waals surface area contributed by atoms with E-state index < -0.39 is 11.9 Å². The first-order valence-electron chi connectivity index (χ1n) is 9.29. The van der Waals surface area contributed by atoms with Crippen LogP contribution in [0.25, 0.3) is 0 Å². The molecule has 0 aliphatic carbocycles. The molecule has 2 atom stereocenters. The zero-order valence-corrected chi connectivity index (χ0v) is 16.0. The number of carbonyl (C=O) groups is 2. The summed E-state index contributed by atoms with van der Waals surface area (Å²) in [4.78, 5) is 25.4. The van der Waals surface area contributed by atoms with Crippen molar-refractivity contribution in [3.63, 3.8) is 0 Å². The van der Waals surface area contributed by atoms with Gasteiger partial charge in [0.25, 0.3) is 5.91 Å². The van der Waals surface area contributed by atoms with Crippen molar-refractivity contribution in [1.82, 2.24) is 10.6 Å². The molecule has 1 aromatic heterocycles. The Labute approximate surface area is 164 Å². The highest BCUT2D eigenvalue weighted by molar-refractivity contribution is 5.95. The van der Waals surface area contributed by atoms with Gasteiger partial charge in [-0.2, -0.15) is 0 Å². The van der Waals surface area contributed by atoms with E-state index in [9.17, 15) is 9.59 Å². The maximum atomic E-state index is 13.0. The quantitative estimate of drug-likeness (QED) is 0.659. The van der Waals surface area contributed by atoms with E-state index in [1.807, 2.05) is 68.4 Å². The van der Waals surface area contributed by atoms with Crippen molar-refractivity contribution in [2.45, 2.75) is 32.4 Å². The Balaban J connectivity index is 1.75. The molecule has 5 nitrogen and oxygen atoms in total. The second-order valence-corrected chi connectivity index (χ2v) is 6.78. The lowest BCUT2D eigenvalue weighted by atomic mass is 10.0. The lowest BCUT2D eigenvalue weighted by molar-refractivity contribution is -0.123. The van der Waals surface area contributed by atoms with Crippen LogP contribution in [0.4, 0.5) is 0 Å². The van der Waals surface area contributed by atoms with Crippen molar-refractivity contribution in [2.24, 2.45) is 0 Å². The number of hydrogen-bond donors (Lipinski definition) is 2. The van der Waals surface area contributed by atoms with Crippen molar-refractivity contribution in [1.29, 1.82) is 0 Å². The molecule has 0 aliphatic rings. The van der Waals surface area contributed by atoms with Gasteiger partial charge in [-0.1, -0.05) is 54.6 Å². The summed E-state index contributed by atoms with van der Waals surface area (Å²) >= 11 is 0. The van der Waals surface area contributed by atoms with Crippen LogP contribution in [0.5, 0.6) is 0 Å². The maximum Gasteiger partial charge on any atom is 0.287 e. The molecule has 144 valence electrons. The Morgan fingerprint density at radius 3 is 2.32 bits per heavy atom. The van der Waals surface area contributed by atoms with Crippen LogP contribution in [0.2, 0.25) is 0 Å². The van der Waals surface area contributed by atoms with Gasteiger partial charge in [-0.3, -0.25) is 9.59 Å². The van der Waals surface area contributed by atoms with Gasteiger partial charge in [0.05, 0.1) is 12.3 Å². The van der Waals surface area contributed by atoms with Gasteiger partial charge in [-0.05, 0) is 42.7 Å². The predicted molar refractivity (Wildman–Crippen MR) is 108 cm³/mol. The minimum absolute atomic E-state index is 0.174. The van der Waals surface area contributed by atoms with E-state index >= 15 is 0 Å². The van der Waals surface area contributed by atoms with E-state index in [1.165, 1.54) is 6.26 Å². The average Bonchev–Trinajstić information content (AvgIpc) is 3.23. The van der Waals surface area contributed by atoms with Gasteiger partial charge in [-0.15, -0.1) is 0 Å². The zero-order valence-electron chi connectivity index (χ0n) is 16.0. The summed E-state index contributed by atoms with van der Waals surface area (Å²) < 4.78 is 5.15. The van der Waals surface area contributed by atoms with Crippen LogP contribution >= 0.6 is 0 Å². The molecule has 2 N–H and O–H groups in total. The summed E-state index contributed by atoms with van der Waals surface area (Å²) in [6.07, 6.45) is 1.82. The number of nitrogens with one attached hydrogen (secondary N) is 2. The molecular formula is C23H24N2O3. The Hall–Kier alpha value is -3.34. The third-order valence-electron chi connectivity index (χ3n) is 4.66. The SMILES string of the molecule is Cc1ccccc1C(C)NC(=O)C(Cc1ccccc1)NC(=O)c1ccco1. The summed E-state index contributed by atoms with van der Waals surface area (Å²) in [6, 6.07) is 19.9. The second kappa shape index (κ2) is 9.04. The first kappa shape index (κ1) is 19.4. The Morgan fingerprint density at radius 2 is 1.64 bits per heavy atom. The highest BCUT2D eigenvalue weighted by atomic mass is 16.3. The Bertz CT molecular complexity index is 920.